The molecule has 4 nitrogen and oxygen atoms in total. The number of fused-ring (bicyclic) bond motifs is 1. The van der Waals surface area contributed by atoms with E-state index in [2.05, 4.69) is 36.1 Å². The van der Waals surface area contributed by atoms with E-state index in [1.807, 2.05) is 6.92 Å². The highest BCUT2D eigenvalue weighted by atomic mass is 16.5. The summed E-state index contributed by atoms with van der Waals surface area (Å²) in [6.07, 6.45) is 0. The van der Waals surface area contributed by atoms with Gasteiger partial charge >= 0.3 is 0 Å². The Morgan fingerprint density at radius 1 is 1.17 bits per heavy atom. The van der Waals surface area contributed by atoms with Crippen molar-refractivity contribution in [3.63, 3.8) is 0 Å². The Bertz CT molecular complexity index is 737. The summed E-state index contributed by atoms with van der Waals surface area (Å²) < 4.78 is 4.98. The number of nitrogens with two attached hydrogens (primary N) is 1. The predicted molar refractivity (Wildman–Crippen MR) is 72.4 cm³/mol. The molecule has 0 fully saturated rings. The molecule has 18 heavy (non-hydrogen) atoms. The Balaban J connectivity index is 2.42. The molecule has 1 aromatic carbocycles. The van der Waals surface area contributed by atoms with Crippen LogP contribution in [0.1, 0.15) is 16.8 Å². The van der Waals surface area contributed by atoms with Crippen LogP contribution in [0.2, 0.25) is 0 Å². The fourth-order valence-corrected chi connectivity index (χ4v) is 2.46. The largest absolute Gasteiger partial charge is 0.368 e. The number of hydrogen-bond donors (Lipinski definition) is 2. The summed E-state index contributed by atoms with van der Waals surface area (Å²) in [6, 6.07) is 6.00. The second-order valence-electron chi connectivity index (χ2n) is 4.69. The van der Waals surface area contributed by atoms with E-state index in [0.717, 1.165) is 22.5 Å². The number of rotatable bonds is 1. The van der Waals surface area contributed by atoms with Crippen LogP contribution in [0.25, 0.3) is 22.2 Å². The van der Waals surface area contributed by atoms with Gasteiger partial charge < -0.3 is 15.2 Å². The van der Waals surface area contributed by atoms with E-state index in [-0.39, 0.29) is 0 Å². The average Bonchev–Trinajstić information content (AvgIpc) is 2.88. The zero-order valence-electron chi connectivity index (χ0n) is 10.7. The quantitative estimate of drug-likeness (QED) is 0.686. The summed E-state index contributed by atoms with van der Waals surface area (Å²) >= 11 is 0. The fraction of sp³-hybridized carbons (Fsp3) is 0.214. The van der Waals surface area contributed by atoms with Crippen LogP contribution >= 0.6 is 0 Å². The molecule has 0 saturated heterocycles. The van der Waals surface area contributed by atoms with Crippen molar-refractivity contribution < 1.29 is 4.52 Å². The van der Waals surface area contributed by atoms with E-state index in [9.17, 15) is 0 Å². The number of nitrogens with zero attached hydrogens (tertiary/aromatic N) is 1. The number of nitrogen functional groups attached to an aromatic ring is 1. The van der Waals surface area contributed by atoms with Gasteiger partial charge in [0.25, 0.3) is 0 Å². The maximum Gasteiger partial charge on any atom is 0.222 e. The normalized spacial score (nSPS) is 11.3. The van der Waals surface area contributed by atoms with Gasteiger partial charge in [-0.2, -0.15) is 0 Å². The van der Waals surface area contributed by atoms with Gasteiger partial charge in [0.05, 0.1) is 0 Å². The predicted octanol–water partition coefficient (Wildman–Crippen LogP) is 3.33. The number of nitrogens with one attached hydrogen (secondary N) is 1. The molecule has 2 heterocycles. The summed E-state index contributed by atoms with van der Waals surface area (Å²) in [4.78, 5) is 3.42. The summed E-state index contributed by atoms with van der Waals surface area (Å²) in [7, 11) is 0. The van der Waals surface area contributed by atoms with Crippen LogP contribution in [0.3, 0.4) is 0 Å². The molecule has 0 amide bonds. The van der Waals surface area contributed by atoms with Crippen molar-refractivity contribution in [2.75, 3.05) is 5.73 Å². The van der Waals surface area contributed by atoms with E-state index in [0.29, 0.717) is 5.88 Å². The first-order chi connectivity index (χ1) is 8.58. The summed E-state index contributed by atoms with van der Waals surface area (Å²) in [5, 5.41) is 5.22. The molecule has 3 N–H and O–H groups in total. The fourth-order valence-electron chi connectivity index (χ4n) is 2.46. The second kappa shape index (κ2) is 3.63. The van der Waals surface area contributed by atoms with Crippen LogP contribution in [-0.2, 0) is 0 Å². The Hall–Kier alpha value is -2.23. The Kier molecular flexibility index (Phi) is 2.20. The molecule has 0 aliphatic carbocycles. The van der Waals surface area contributed by atoms with Gasteiger partial charge in [-0.05, 0) is 31.9 Å². The molecule has 0 saturated carbocycles. The van der Waals surface area contributed by atoms with Gasteiger partial charge in [-0.1, -0.05) is 17.3 Å². The molecule has 0 unspecified atom stereocenters. The van der Waals surface area contributed by atoms with E-state index in [1.54, 1.807) is 6.07 Å². The molecule has 0 aliphatic rings. The van der Waals surface area contributed by atoms with Crippen LogP contribution in [0.15, 0.2) is 22.7 Å². The van der Waals surface area contributed by atoms with Gasteiger partial charge in [0.1, 0.15) is 5.69 Å². The molecule has 0 spiro atoms. The lowest BCUT2D eigenvalue weighted by Crippen LogP contribution is -1.82. The Labute approximate surface area is 105 Å². The Morgan fingerprint density at radius 3 is 2.56 bits per heavy atom. The van der Waals surface area contributed by atoms with Gasteiger partial charge in [-0.25, -0.2) is 0 Å². The molecule has 3 aromatic rings. The maximum absolute atomic E-state index is 5.61. The zero-order chi connectivity index (χ0) is 12.9. The minimum atomic E-state index is 0.337. The second-order valence-corrected chi connectivity index (χ2v) is 4.69. The number of hydrogen-bond acceptors (Lipinski definition) is 3. The van der Waals surface area contributed by atoms with E-state index in [1.165, 1.54) is 16.5 Å². The van der Waals surface area contributed by atoms with Crippen molar-refractivity contribution in [3.05, 3.63) is 35.0 Å². The molecule has 92 valence electrons. The van der Waals surface area contributed by atoms with Crippen molar-refractivity contribution >= 4 is 16.8 Å². The van der Waals surface area contributed by atoms with Crippen molar-refractivity contribution in [2.24, 2.45) is 0 Å². The topological polar surface area (TPSA) is 67.8 Å². The van der Waals surface area contributed by atoms with Gasteiger partial charge in [-0.15, -0.1) is 0 Å². The highest BCUT2D eigenvalue weighted by molar-refractivity contribution is 6.00. The van der Waals surface area contributed by atoms with Crippen LogP contribution < -0.4 is 5.73 Å². The van der Waals surface area contributed by atoms with E-state index < -0.39 is 0 Å². The molecule has 0 aliphatic heterocycles. The highest BCUT2D eigenvalue weighted by Gasteiger charge is 2.16. The minimum absolute atomic E-state index is 0.337. The zero-order valence-corrected chi connectivity index (χ0v) is 10.7. The molecular weight excluding hydrogens is 226 g/mol. The number of benzene rings is 1. The van der Waals surface area contributed by atoms with Gasteiger partial charge in [-0.3, -0.25) is 0 Å². The van der Waals surface area contributed by atoms with Gasteiger partial charge in [0.15, 0.2) is 0 Å². The molecule has 0 bridgehead atoms. The first kappa shape index (κ1) is 10.9. The number of aromatic amines is 1. The van der Waals surface area contributed by atoms with Crippen molar-refractivity contribution in [1.29, 1.82) is 0 Å². The minimum Gasteiger partial charge on any atom is -0.368 e. The smallest absolute Gasteiger partial charge is 0.222 e. The lowest BCUT2D eigenvalue weighted by atomic mass is 10.0. The lowest BCUT2D eigenvalue weighted by molar-refractivity contribution is 0.439. The molecule has 2 aromatic heterocycles. The van der Waals surface area contributed by atoms with Gasteiger partial charge in [0, 0.05) is 28.2 Å². The molecule has 0 radical (unpaired) electrons. The standard InChI is InChI=1S/C14H15N3O/c1-7-4-5-8(2)14-12(7)13(9(3)16-14)10-6-11(15)18-17-10/h4-6,16H,15H2,1-3H3. The molecule has 0 atom stereocenters. The average molecular weight is 241 g/mol. The van der Waals surface area contributed by atoms with E-state index >= 15 is 0 Å². The van der Waals surface area contributed by atoms with Crippen molar-refractivity contribution in [1.82, 2.24) is 10.1 Å². The first-order valence-corrected chi connectivity index (χ1v) is 5.89. The van der Waals surface area contributed by atoms with Crippen LogP contribution in [-0.4, -0.2) is 10.1 Å². The molecule has 3 rings (SSSR count). The summed E-state index contributed by atoms with van der Waals surface area (Å²) in [6.45, 7) is 6.24. The van der Waals surface area contributed by atoms with Crippen molar-refractivity contribution in [3.8, 4) is 11.3 Å². The molecule has 4 heteroatoms. The van der Waals surface area contributed by atoms with E-state index in [4.69, 9.17) is 10.3 Å². The van der Waals surface area contributed by atoms with Crippen molar-refractivity contribution in [2.45, 2.75) is 20.8 Å². The third kappa shape index (κ3) is 1.42. The number of aromatic nitrogens is 2. The lowest BCUT2D eigenvalue weighted by Gasteiger charge is -2.01. The summed E-state index contributed by atoms with van der Waals surface area (Å²) in [5.41, 5.74) is 12.1. The first-order valence-electron chi connectivity index (χ1n) is 5.89. The van der Waals surface area contributed by atoms with Crippen LogP contribution in [0.5, 0.6) is 0 Å². The van der Waals surface area contributed by atoms with Crippen LogP contribution in [0.4, 0.5) is 5.88 Å². The highest BCUT2D eigenvalue weighted by Crippen LogP contribution is 2.35. The number of anilines is 1. The third-order valence-corrected chi connectivity index (χ3v) is 3.34. The van der Waals surface area contributed by atoms with Crippen LogP contribution in [0, 0.1) is 20.8 Å². The SMILES string of the molecule is Cc1[nH]c2c(C)ccc(C)c2c1-c1cc(N)on1. The molecular formula is C14H15N3O. The Morgan fingerprint density at radius 2 is 1.89 bits per heavy atom. The summed E-state index contributed by atoms with van der Waals surface area (Å²) in [5.74, 6) is 0.337. The van der Waals surface area contributed by atoms with Gasteiger partial charge in [0.2, 0.25) is 5.88 Å². The third-order valence-electron chi connectivity index (χ3n) is 3.34. The monoisotopic (exact) mass is 241 g/mol. The maximum atomic E-state index is 5.61. The number of H-pyrrole nitrogens is 1. The number of aryl methyl sites for hydroxylation is 3.